The molecule has 3 rings (SSSR count). The molecule has 2 heterocycles. The SMILES string of the molecule is COc1ccccc1-c1nnc2cc(Cl)ncn12. The molecule has 0 aliphatic rings. The molecule has 0 unspecified atom stereocenters. The lowest BCUT2D eigenvalue weighted by Crippen LogP contribution is -1.94. The molecule has 0 amide bonds. The number of rotatable bonds is 2. The van der Waals surface area contributed by atoms with Gasteiger partial charge in [-0.3, -0.25) is 4.40 Å². The van der Waals surface area contributed by atoms with Gasteiger partial charge in [0.1, 0.15) is 17.2 Å². The number of halogens is 1. The van der Waals surface area contributed by atoms with Gasteiger partial charge in [0.15, 0.2) is 11.5 Å². The minimum atomic E-state index is 0.390. The van der Waals surface area contributed by atoms with Crippen molar-refractivity contribution in [1.82, 2.24) is 19.6 Å². The molecule has 0 atom stereocenters. The number of aromatic nitrogens is 4. The van der Waals surface area contributed by atoms with Gasteiger partial charge in [0.25, 0.3) is 0 Å². The normalized spacial score (nSPS) is 10.8. The Bertz CT molecular complexity index is 710. The molecule has 0 radical (unpaired) electrons. The molecule has 6 heteroatoms. The zero-order valence-electron chi connectivity index (χ0n) is 9.54. The minimum absolute atomic E-state index is 0.390. The molecule has 18 heavy (non-hydrogen) atoms. The first-order valence-electron chi connectivity index (χ1n) is 5.29. The van der Waals surface area contributed by atoms with E-state index in [2.05, 4.69) is 15.2 Å². The first kappa shape index (κ1) is 11.0. The molecule has 1 aromatic carbocycles. The molecule has 0 N–H and O–H groups in total. The zero-order chi connectivity index (χ0) is 12.5. The lowest BCUT2D eigenvalue weighted by atomic mass is 10.2. The van der Waals surface area contributed by atoms with Gasteiger partial charge in [-0.15, -0.1) is 10.2 Å². The van der Waals surface area contributed by atoms with Gasteiger partial charge in [-0.2, -0.15) is 0 Å². The molecular formula is C12H9ClN4O. The van der Waals surface area contributed by atoms with Crippen molar-refractivity contribution < 1.29 is 4.74 Å². The van der Waals surface area contributed by atoms with Gasteiger partial charge in [0.05, 0.1) is 12.7 Å². The summed E-state index contributed by atoms with van der Waals surface area (Å²) in [5.41, 5.74) is 1.51. The molecule has 2 aromatic heterocycles. The zero-order valence-corrected chi connectivity index (χ0v) is 10.3. The number of benzene rings is 1. The van der Waals surface area contributed by atoms with E-state index < -0.39 is 0 Å². The van der Waals surface area contributed by atoms with Crippen LogP contribution in [0.15, 0.2) is 36.7 Å². The maximum atomic E-state index is 5.82. The summed E-state index contributed by atoms with van der Waals surface area (Å²) in [5, 5.41) is 8.60. The van der Waals surface area contributed by atoms with Crippen LogP contribution in [0.2, 0.25) is 5.15 Å². The van der Waals surface area contributed by atoms with Gasteiger partial charge < -0.3 is 4.74 Å². The molecular weight excluding hydrogens is 252 g/mol. The number of hydrogen-bond donors (Lipinski definition) is 0. The number of nitrogens with zero attached hydrogens (tertiary/aromatic N) is 4. The first-order chi connectivity index (χ1) is 8.79. The monoisotopic (exact) mass is 260 g/mol. The van der Waals surface area contributed by atoms with Gasteiger partial charge in [-0.05, 0) is 12.1 Å². The quantitative estimate of drug-likeness (QED) is 0.664. The van der Waals surface area contributed by atoms with Gasteiger partial charge in [0, 0.05) is 6.07 Å². The van der Waals surface area contributed by atoms with E-state index in [4.69, 9.17) is 16.3 Å². The molecule has 90 valence electrons. The van der Waals surface area contributed by atoms with Crippen LogP contribution in [0.4, 0.5) is 0 Å². The Kier molecular flexibility index (Phi) is 2.60. The molecule has 0 fully saturated rings. The van der Waals surface area contributed by atoms with Gasteiger partial charge in [-0.25, -0.2) is 4.98 Å². The molecule has 0 bridgehead atoms. The summed E-state index contributed by atoms with van der Waals surface area (Å²) in [5.74, 6) is 1.41. The average molecular weight is 261 g/mol. The summed E-state index contributed by atoms with van der Waals surface area (Å²) in [6.07, 6.45) is 1.60. The highest BCUT2D eigenvalue weighted by Crippen LogP contribution is 2.28. The highest BCUT2D eigenvalue weighted by atomic mass is 35.5. The second-order valence-corrected chi connectivity index (χ2v) is 4.05. The molecule has 0 spiro atoms. The Morgan fingerprint density at radius 3 is 2.89 bits per heavy atom. The van der Waals surface area contributed by atoms with Crippen LogP contribution in [0.5, 0.6) is 5.75 Å². The topological polar surface area (TPSA) is 52.3 Å². The summed E-state index contributed by atoms with van der Waals surface area (Å²) in [6, 6.07) is 9.28. The van der Waals surface area contributed by atoms with Crippen LogP contribution in [-0.4, -0.2) is 26.7 Å². The summed E-state index contributed by atoms with van der Waals surface area (Å²) >= 11 is 5.82. The minimum Gasteiger partial charge on any atom is -0.496 e. The predicted molar refractivity (Wildman–Crippen MR) is 67.8 cm³/mol. The van der Waals surface area contributed by atoms with Gasteiger partial charge in [0.2, 0.25) is 0 Å². The second kappa shape index (κ2) is 4.27. The average Bonchev–Trinajstić information content (AvgIpc) is 2.81. The third-order valence-electron chi connectivity index (χ3n) is 2.61. The largest absolute Gasteiger partial charge is 0.496 e. The maximum Gasteiger partial charge on any atom is 0.173 e. The smallest absolute Gasteiger partial charge is 0.173 e. The van der Waals surface area contributed by atoms with E-state index in [1.165, 1.54) is 0 Å². The van der Waals surface area contributed by atoms with Gasteiger partial charge in [-0.1, -0.05) is 23.7 Å². The van der Waals surface area contributed by atoms with E-state index in [9.17, 15) is 0 Å². The third kappa shape index (κ3) is 1.69. The van der Waals surface area contributed by atoms with Crippen molar-refractivity contribution in [3.05, 3.63) is 41.8 Å². The molecule has 0 aliphatic carbocycles. The fourth-order valence-corrected chi connectivity index (χ4v) is 1.93. The van der Waals surface area contributed by atoms with Crippen LogP contribution < -0.4 is 4.74 Å². The highest BCUT2D eigenvalue weighted by molar-refractivity contribution is 6.29. The maximum absolute atomic E-state index is 5.82. The lowest BCUT2D eigenvalue weighted by molar-refractivity contribution is 0.416. The third-order valence-corrected chi connectivity index (χ3v) is 2.82. The van der Waals surface area contributed by atoms with Gasteiger partial charge >= 0.3 is 0 Å². The van der Waals surface area contributed by atoms with Crippen LogP contribution in [0, 0.1) is 0 Å². The number of methoxy groups -OCH3 is 1. The standard InChI is InChI=1S/C12H9ClN4O/c1-18-9-5-3-2-4-8(9)12-16-15-11-6-10(13)14-7-17(11)12/h2-7H,1H3. The van der Waals surface area contributed by atoms with E-state index in [1.54, 1.807) is 23.9 Å². The Hall–Kier alpha value is -2.14. The van der Waals surface area contributed by atoms with Crippen molar-refractivity contribution in [2.24, 2.45) is 0 Å². The van der Waals surface area contributed by atoms with Crippen molar-refractivity contribution >= 4 is 17.2 Å². The highest BCUT2D eigenvalue weighted by Gasteiger charge is 2.12. The Morgan fingerprint density at radius 1 is 1.22 bits per heavy atom. The second-order valence-electron chi connectivity index (χ2n) is 3.66. The molecule has 0 saturated carbocycles. The summed E-state index contributed by atoms with van der Waals surface area (Å²) in [4.78, 5) is 4.03. The molecule has 0 aliphatic heterocycles. The van der Waals surface area contributed by atoms with E-state index in [0.717, 1.165) is 11.3 Å². The Balaban J connectivity index is 2.26. The van der Waals surface area contributed by atoms with Crippen LogP contribution in [0.1, 0.15) is 0 Å². The van der Waals surface area contributed by atoms with Crippen LogP contribution in [-0.2, 0) is 0 Å². The number of fused-ring (bicyclic) bond motifs is 1. The van der Waals surface area contributed by atoms with Crippen molar-refractivity contribution in [2.45, 2.75) is 0 Å². The fraction of sp³-hybridized carbons (Fsp3) is 0.0833. The van der Waals surface area contributed by atoms with E-state index in [0.29, 0.717) is 16.6 Å². The van der Waals surface area contributed by atoms with E-state index in [-0.39, 0.29) is 0 Å². The summed E-state index contributed by atoms with van der Waals surface area (Å²) < 4.78 is 7.08. The van der Waals surface area contributed by atoms with Crippen LogP contribution >= 0.6 is 11.6 Å². The van der Waals surface area contributed by atoms with Crippen molar-refractivity contribution in [3.63, 3.8) is 0 Å². The van der Waals surface area contributed by atoms with E-state index in [1.807, 2.05) is 24.3 Å². The fourth-order valence-electron chi connectivity index (χ4n) is 1.79. The van der Waals surface area contributed by atoms with Crippen molar-refractivity contribution in [2.75, 3.05) is 7.11 Å². The lowest BCUT2D eigenvalue weighted by Gasteiger charge is -2.05. The van der Waals surface area contributed by atoms with E-state index >= 15 is 0 Å². The van der Waals surface area contributed by atoms with Crippen molar-refractivity contribution in [3.8, 4) is 17.1 Å². The van der Waals surface area contributed by atoms with Crippen LogP contribution in [0.3, 0.4) is 0 Å². The van der Waals surface area contributed by atoms with Crippen molar-refractivity contribution in [1.29, 1.82) is 0 Å². The first-order valence-corrected chi connectivity index (χ1v) is 5.67. The number of para-hydroxylation sites is 1. The molecule has 0 saturated heterocycles. The predicted octanol–water partition coefficient (Wildman–Crippen LogP) is 2.45. The Labute approximate surface area is 108 Å². The number of hydrogen-bond acceptors (Lipinski definition) is 4. The molecule has 3 aromatic rings. The van der Waals surface area contributed by atoms with Crippen LogP contribution in [0.25, 0.3) is 17.0 Å². The molecule has 5 nitrogen and oxygen atoms in total. The summed E-state index contributed by atoms with van der Waals surface area (Å²) in [7, 11) is 1.62. The number of ether oxygens (including phenoxy) is 1. The Morgan fingerprint density at radius 2 is 2.06 bits per heavy atom. The summed E-state index contributed by atoms with van der Waals surface area (Å²) in [6.45, 7) is 0.